The molecule has 1 atom stereocenters. The molecule has 0 aliphatic carbocycles. The van der Waals surface area contributed by atoms with E-state index in [1.807, 2.05) is 30.2 Å². The van der Waals surface area contributed by atoms with Crippen molar-refractivity contribution < 1.29 is 39.6 Å². The van der Waals surface area contributed by atoms with Crippen LogP contribution in [0.1, 0.15) is 17.2 Å². The van der Waals surface area contributed by atoms with Crippen LogP contribution in [-0.2, 0) is 25.6 Å². The Hall–Kier alpha value is -4.65. The number of pyridine rings is 1. The van der Waals surface area contributed by atoms with E-state index in [2.05, 4.69) is 63.3 Å². The zero-order valence-corrected chi connectivity index (χ0v) is 24.9. The highest BCUT2D eigenvalue weighted by atomic mass is 35.5. The number of rotatable bonds is 6. The van der Waals surface area contributed by atoms with Gasteiger partial charge in [-0.1, -0.05) is 41.6 Å². The van der Waals surface area contributed by atoms with Gasteiger partial charge in [0.25, 0.3) is 0 Å². The summed E-state index contributed by atoms with van der Waals surface area (Å²) >= 11 is 8.28. The van der Waals surface area contributed by atoms with Gasteiger partial charge in [0.05, 0.1) is 0 Å². The van der Waals surface area contributed by atoms with E-state index in [4.69, 9.17) is 32.0 Å². The summed E-state index contributed by atoms with van der Waals surface area (Å²) in [5, 5.41) is 32.1. The Kier molecular flexibility index (Phi) is 13.0. The second-order valence-corrected chi connectivity index (χ2v) is 10.9. The Bertz CT molecular complexity index is 1460. The molecular weight excluding hydrogens is 610 g/mol. The predicted octanol–water partition coefficient (Wildman–Crippen LogP) is 4.73. The van der Waals surface area contributed by atoms with E-state index in [9.17, 15) is 19.2 Å². The fraction of sp³-hybridized carbons (Fsp3) is 0.194. The highest BCUT2D eigenvalue weighted by Gasteiger charge is 2.30. The zero-order valence-electron chi connectivity index (χ0n) is 23.3. The molecule has 230 valence electrons. The molecule has 0 saturated carbocycles. The molecule has 11 nitrogen and oxygen atoms in total. The zero-order chi connectivity index (χ0) is 32.1. The van der Waals surface area contributed by atoms with Crippen molar-refractivity contribution in [2.45, 2.75) is 22.3 Å². The number of nitrogens with zero attached hydrogens (tertiary/aromatic N) is 3. The van der Waals surface area contributed by atoms with Crippen LogP contribution in [0, 0.1) is 0 Å². The normalized spacial score (nSPS) is 15.9. The number of hydrogen-bond donors (Lipinski definition) is 4. The van der Waals surface area contributed by atoms with Crippen molar-refractivity contribution in [3.05, 3.63) is 107 Å². The van der Waals surface area contributed by atoms with Crippen molar-refractivity contribution in [3.63, 3.8) is 0 Å². The van der Waals surface area contributed by atoms with Crippen LogP contribution in [0.4, 0.5) is 5.69 Å². The number of carbonyl (C=O) groups is 4. The molecule has 3 heterocycles. The number of carboxylic acids is 4. The summed E-state index contributed by atoms with van der Waals surface area (Å²) in [6, 6.07) is 19.7. The summed E-state index contributed by atoms with van der Waals surface area (Å²) in [7, 11) is 0. The largest absolute Gasteiger partial charge is 0.478 e. The van der Waals surface area contributed by atoms with Gasteiger partial charge in [-0.3, -0.25) is 9.88 Å². The lowest BCUT2D eigenvalue weighted by atomic mass is 9.96. The molecule has 2 aromatic carbocycles. The topological polar surface area (TPSA) is 169 Å². The summed E-state index contributed by atoms with van der Waals surface area (Å²) in [6.07, 6.45) is 7.01. The fourth-order valence-electron chi connectivity index (χ4n) is 4.54. The number of hydrogen-bond acceptors (Lipinski definition) is 8. The molecular formula is C31H30ClN3O8S. The summed E-state index contributed by atoms with van der Waals surface area (Å²) in [6.45, 7) is 4.16. The van der Waals surface area contributed by atoms with Gasteiger partial charge in [0.2, 0.25) is 0 Å². The van der Waals surface area contributed by atoms with Gasteiger partial charge in [-0.15, -0.1) is 0 Å². The third-order valence-corrected chi connectivity index (χ3v) is 7.90. The molecule has 1 aromatic heterocycles. The molecule has 5 rings (SSSR count). The van der Waals surface area contributed by atoms with Crippen LogP contribution in [0.2, 0.25) is 5.02 Å². The molecule has 2 aliphatic heterocycles. The summed E-state index contributed by atoms with van der Waals surface area (Å²) < 4.78 is 0. The van der Waals surface area contributed by atoms with Crippen molar-refractivity contribution in [3.8, 4) is 0 Å². The molecule has 1 unspecified atom stereocenters. The fourth-order valence-corrected chi connectivity index (χ4v) is 5.83. The lowest BCUT2D eigenvalue weighted by Crippen LogP contribution is -2.48. The number of fused-ring (bicyclic) bond motifs is 2. The van der Waals surface area contributed by atoms with Crippen LogP contribution in [-0.4, -0.2) is 80.4 Å². The summed E-state index contributed by atoms with van der Waals surface area (Å²) in [5.41, 5.74) is 4.06. The van der Waals surface area contributed by atoms with Crippen molar-refractivity contribution in [2.75, 3.05) is 31.1 Å². The van der Waals surface area contributed by atoms with Crippen molar-refractivity contribution in [1.29, 1.82) is 0 Å². The monoisotopic (exact) mass is 639 g/mol. The molecule has 13 heteroatoms. The number of aliphatic carboxylic acids is 4. The standard InChI is InChI=1S/C23H22ClN3S.2C4H4O4/c24-18-5-6-23-20(16-18)21(15-17-3-1-2-4-22(17)28-23)27-13-11-26(12-14-27)19-7-9-25-10-8-19;2*5-3(6)1-2-4(7)8/h1-10,16,21H,11-15H2;2*1-2H,(H,5,6)(H,7,8)/b;2*2-1+. The van der Waals surface area contributed by atoms with Crippen LogP contribution >= 0.6 is 23.4 Å². The molecule has 0 bridgehead atoms. The van der Waals surface area contributed by atoms with Gasteiger partial charge in [-0.2, -0.15) is 0 Å². The first-order chi connectivity index (χ1) is 21.0. The number of piperazine rings is 1. The number of aromatic nitrogens is 1. The number of anilines is 1. The van der Waals surface area contributed by atoms with Gasteiger partial charge < -0.3 is 25.3 Å². The first kappa shape index (κ1) is 33.8. The van der Waals surface area contributed by atoms with E-state index >= 15 is 0 Å². The Balaban J connectivity index is 0.000000275. The first-order valence-electron chi connectivity index (χ1n) is 13.3. The van der Waals surface area contributed by atoms with Gasteiger partial charge in [0.1, 0.15) is 0 Å². The predicted molar refractivity (Wildman–Crippen MR) is 165 cm³/mol. The van der Waals surface area contributed by atoms with Crippen LogP contribution in [0.25, 0.3) is 0 Å². The van der Waals surface area contributed by atoms with Gasteiger partial charge in [-0.25, -0.2) is 19.2 Å². The first-order valence-corrected chi connectivity index (χ1v) is 14.4. The molecule has 1 saturated heterocycles. The van der Waals surface area contributed by atoms with E-state index in [1.54, 1.807) is 0 Å². The quantitative estimate of drug-likeness (QED) is 0.274. The molecule has 0 amide bonds. The second kappa shape index (κ2) is 16.8. The minimum absolute atomic E-state index is 0.365. The maximum Gasteiger partial charge on any atom is 0.328 e. The Morgan fingerprint density at radius 1 is 0.750 bits per heavy atom. The molecule has 2 aliphatic rings. The van der Waals surface area contributed by atoms with E-state index in [1.165, 1.54) is 26.6 Å². The number of halogens is 1. The van der Waals surface area contributed by atoms with Gasteiger partial charge in [0, 0.05) is 89.4 Å². The average Bonchev–Trinajstić information content (AvgIpc) is 3.17. The Morgan fingerprint density at radius 3 is 1.84 bits per heavy atom. The number of carboxylic acid groups (broad SMARTS) is 4. The second-order valence-electron chi connectivity index (χ2n) is 9.36. The minimum atomic E-state index is -1.26. The molecule has 1 fully saturated rings. The Labute approximate surface area is 262 Å². The van der Waals surface area contributed by atoms with Crippen molar-refractivity contribution in [1.82, 2.24) is 9.88 Å². The Morgan fingerprint density at radius 2 is 1.30 bits per heavy atom. The van der Waals surface area contributed by atoms with Crippen LogP contribution in [0.5, 0.6) is 0 Å². The minimum Gasteiger partial charge on any atom is -0.478 e. The molecule has 44 heavy (non-hydrogen) atoms. The van der Waals surface area contributed by atoms with Gasteiger partial charge in [0.15, 0.2) is 0 Å². The summed E-state index contributed by atoms with van der Waals surface area (Å²) in [4.78, 5) is 50.1. The van der Waals surface area contributed by atoms with Crippen molar-refractivity contribution >= 4 is 52.9 Å². The van der Waals surface area contributed by atoms with Crippen LogP contribution < -0.4 is 4.90 Å². The smallest absolute Gasteiger partial charge is 0.328 e. The van der Waals surface area contributed by atoms with E-state index in [-0.39, 0.29) is 0 Å². The lowest BCUT2D eigenvalue weighted by Gasteiger charge is -2.40. The highest BCUT2D eigenvalue weighted by Crippen LogP contribution is 2.43. The van der Waals surface area contributed by atoms with Gasteiger partial charge in [-0.05, 0) is 53.9 Å². The van der Waals surface area contributed by atoms with Crippen LogP contribution in [0.15, 0.2) is 101 Å². The van der Waals surface area contributed by atoms with Crippen LogP contribution in [0.3, 0.4) is 0 Å². The third-order valence-electron chi connectivity index (χ3n) is 6.46. The molecule has 0 spiro atoms. The van der Waals surface area contributed by atoms with E-state index in [0.717, 1.165) is 37.6 Å². The SMILES string of the molecule is Clc1ccc2c(c1)C(N1CCN(c3ccncc3)CC1)Cc1ccccc1S2.O=C(O)/C=C/C(=O)O.O=C(O)/C=C/C(=O)O. The van der Waals surface area contributed by atoms with Gasteiger partial charge >= 0.3 is 23.9 Å². The number of benzene rings is 2. The average molecular weight is 640 g/mol. The summed E-state index contributed by atoms with van der Waals surface area (Å²) in [5.74, 6) is -5.03. The maximum atomic E-state index is 9.55. The highest BCUT2D eigenvalue weighted by molar-refractivity contribution is 7.99. The van der Waals surface area contributed by atoms with E-state index < -0.39 is 23.9 Å². The third kappa shape index (κ3) is 10.9. The van der Waals surface area contributed by atoms with E-state index in [0.29, 0.717) is 30.3 Å². The maximum absolute atomic E-state index is 9.55. The molecule has 4 N–H and O–H groups in total. The molecule has 0 radical (unpaired) electrons. The lowest BCUT2D eigenvalue weighted by molar-refractivity contribution is -0.134. The van der Waals surface area contributed by atoms with Crippen molar-refractivity contribution in [2.24, 2.45) is 0 Å². The molecule has 3 aromatic rings.